The van der Waals surface area contributed by atoms with E-state index in [2.05, 4.69) is 5.32 Å². The predicted molar refractivity (Wildman–Crippen MR) is 86.4 cm³/mol. The van der Waals surface area contributed by atoms with Crippen molar-refractivity contribution in [2.24, 2.45) is 0 Å². The minimum absolute atomic E-state index is 0.166. The number of aryl methyl sites for hydroxylation is 1. The smallest absolute Gasteiger partial charge is 0.325 e. The Morgan fingerprint density at radius 2 is 2.22 bits per heavy atom. The zero-order valence-electron chi connectivity index (χ0n) is 12.7. The van der Waals surface area contributed by atoms with Crippen molar-refractivity contribution in [3.05, 3.63) is 51.7 Å². The summed E-state index contributed by atoms with van der Waals surface area (Å²) in [4.78, 5) is 26.8. The summed E-state index contributed by atoms with van der Waals surface area (Å²) in [5.41, 5.74) is 2.00. The SMILES string of the molecule is COc1ccc2c(c1)[C@]1(CC2)NC(=O)N(Cc2ccsc2)C1=O. The van der Waals surface area contributed by atoms with Gasteiger partial charge in [-0.15, -0.1) is 0 Å². The average Bonchev–Trinajstić information content (AvgIpc) is 3.25. The lowest BCUT2D eigenvalue weighted by molar-refractivity contribution is -0.132. The monoisotopic (exact) mass is 328 g/mol. The number of thiophene rings is 1. The van der Waals surface area contributed by atoms with Crippen LogP contribution < -0.4 is 10.1 Å². The molecule has 2 aliphatic rings. The zero-order valence-corrected chi connectivity index (χ0v) is 13.5. The molecule has 1 aliphatic carbocycles. The Labute approximate surface area is 137 Å². The summed E-state index contributed by atoms with van der Waals surface area (Å²) < 4.78 is 5.28. The van der Waals surface area contributed by atoms with Crippen molar-refractivity contribution in [2.75, 3.05) is 7.11 Å². The Morgan fingerprint density at radius 3 is 2.96 bits per heavy atom. The molecule has 4 rings (SSSR count). The Morgan fingerprint density at radius 1 is 1.35 bits per heavy atom. The second kappa shape index (κ2) is 5.09. The molecule has 1 aliphatic heterocycles. The van der Waals surface area contributed by atoms with E-state index in [-0.39, 0.29) is 11.9 Å². The summed E-state index contributed by atoms with van der Waals surface area (Å²) in [7, 11) is 1.60. The van der Waals surface area contributed by atoms with Gasteiger partial charge in [-0.1, -0.05) is 6.07 Å². The molecular weight excluding hydrogens is 312 g/mol. The molecule has 1 spiro atoms. The molecule has 5 nitrogen and oxygen atoms in total. The molecule has 0 saturated carbocycles. The number of imide groups is 1. The standard InChI is InChI=1S/C17H16N2O3S/c1-22-13-3-2-12-4-6-17(14(12)8-13)15(20)19(16(21)18-17)9-11-5-7-23-10-11/h2-3,5,7-8,10H,4,6,9H2,1H3,(H,18,21)/t17-/m0/s1. The number of hydrogen-bond donors (Lipinski definition) is 1. The first-order valence-electron chi connectivity index (χ1n) is 7.46. The molecule has 1 saturated heterocycles. The van der Waals surface area contributed by atoms with Crippen LogP contribution in [-0.4, -0.2) is 23.9 Å². The average molecular weight is 328 g/mol. The summed E-state index contributed by atoms with van der Waals surface area (Å²) >= 11 is 1.56. The van der Waals surface area contributed by atoms with Crippen LogP contribution in [0.25, 0.3) is 0 Å². The van der Waals surface area contributed by atoms with Gasteiger partial charge in [0.25, 0.3) is 5.91 Å². The fourth-order valence-electron chi connectivity index (χ4n) is 3.44. The van der Waals surface area contributed by atoms with E-state index in [0.29, 0.717) is 18.7 Å². The van der Waals surface area contributed by atoms with Gasteiger partial charge in [0.15, 0.2) is 0 Å². The molecule has 0 radical (unpaired) electrons. The number of nitrogens with zero attached hydrogens (tertiary/aromatic N) is 1. The summed E-state index contributed by atoms with van der Waals surface area (Å²) in [6, 6.07) is 7.35. The van der Waals surface area contributed by atoms with Gasteiger partial charge in [0.1, 0.15) is 11.3 Å². The van der Waals surface area contributed by atoms with Gasteiger partial charge in [-0.3, -0.25) is 9.69 Å². The van der Waals surface area contributed by atoms with Gasteiger partial charge < -0.3 is 10.1 Å². The lowest BCUT2D eigenvalue weighted by Crippen LogP contribution is -2.41. The topological polar surface area (TPSA) is 58.6 Å². The molecule has 1 fully saturated rings. The van der Waals surface area contributed by atoms with Crippen molar-refractivity contribution < 1.29 is 14.3 Å². The highest BCUT2D eigenvalue weighted by Gasteiger charge is 2.55. The molecule has 23 heavy (non-hydrogen) atoms. The highest BCUT2D eigenvalue weighted by atomic mass is 32.1. The van der Waals surface area contributed by atoms with E-state index < -0.39 is 5.54 Å². The van der Waals surface area contributed by atoms with Gasteiger partial charge >= 0.3 is 6.03 Å². The van der Waals surface area contributed by atoms with Gasteiger partial charge in [0.05, 0.1) is 13.7 Å². The van der Waals surface area contributed by atoms with E-state index in [1.54, 1.807) is 18.4 Å². The van der Waals surface area contributed by atoms with Gasteiger partial charge in [-0.05, 0) is 58.5 Å². The Kier molecular flexibility index (Phi) is 3.16. The number of hydrogen-bond acceptors (Lipinski definition) is 4. The third-order valence-electron chi connectivity index (χ3n) is 4.64. The number of methoxy groups -OCH3 is 1. The minimum atomic E-state index is -0.934. The molecule has 1 N–H and O–H groups in total. The maximum absolute atomic E-state index is 13.0. The van der Waals surface area contributed by atoms with Crippen LogP contribution >= 0.6 is 11.3 Å². The van der Waals surface area contributed by atoms with Crippen molar-refractivity contribution in [2.45, 2.75) is 24.9 Å². The number of nitrogens with one attached hydrogen (secondary N) is 1. The fourth-order valence-corrected chi connectivity index (χ4v) is 4.10. The Hall–Kier alpha value is -2.34. The Balaban J connectivity index is 1.71. The second-order valence-electron chi connectivity index (χ2n) is 5.88. The van der Waals surface area contributed by atoms with Gasteiger partial charge in [-0.25, -0.2) is 4.79 Å². The number of urea groups is 1. The van der Waals surface area contributed by atoms with Gasteiger partial charge in [0.2, 0.25) is 0 Å². The van der Waals surface area contributed by atoms with Crippen molar-refractivity contribution in [1.82, 2.24) is 10.2 Å². The summed E-state index contributed by atoms with van der Waals surface area (Å²) in [5, 5.41) is 6.83. The van der Waals surface area contributed by atoms with E-state index in [4.69, 9.17) is 4.74 Å². The van der Waals surface area contributed by atoms with Crippen LogP contribution in [0.3, 0.4) is 0 Å². The predicted octanol–water partition coefficient (Wildman–Crippen LogP) is 2.65. The van der Waals surface area contributed by atoms with E-state index in [0.717, 1.165) is 23.1 Å². The molecule has 1 aromatic heterocycles. The fraction of sp³-hybridized carbons (Fsp3) is 0.294. The molecule has 0 unspecified atom stereocenters. The molecule has 1 aromatic carbocycles. The van der Waals surface area contributed by atoms with Crippen LogP contribution in [-0.2, 0) is 23.3 Å². The molecule has 6 heteroatoms. The lowest BCUT2D eigenvalue weighted by atomic mass is 9.91. The Bertz CT molecular complexity index is 787. The molecule has 2 aromatic rings. The number of carbonyl (C=O) groups excluding carboxylic acids is 2. The summed E-state index contributed by atoms with van der Waals surface area (Å²) in [6.07, 6.45) is 1.37. The number of fused-ring (bicyclic) bond motifs is 2. The molecule has 0 bridgehead atoms. The largest absolute Gasteiger partial charge is 0.497 e. The zero-order chi connectivity index (χ0) is 16.0. The van der Waals surface area contributed by atoms with E-state index in [9.17, 15) is 9.59 Å². The van der Waals surface area contributed by atoms with Gasteiger partial charge in [-0.2, -0.15) is 11.3 Å². The quantitative estimate of drug-likeness (QED) is 0.881. The van der Waals surface area contributed by atoms with Gasteiger partial charge in [0, 0.05) is 0 Å². The van der Waals surface area contributed by atoms with Crippen LogP contribution in [0, 0.1) is 0 Å². The van der Waals surface area contributed by atoms with Crippen LogP contribution in [0.4, 0.5) is 4.79 Å². The molecule has 118 valence electrons. The first kappa shape index (κ1) is 14.3. The first-order valence-corrected chi connectivity index (χ1v) is 8.41. The first-order chi connectivity index (χ1) is 11.1. The third kappa shape index (κ3) is 2.05. The number of amides is 3. The molecular formula is C17H16N2O3S. The van der Waals surface area contributed by atoms with E-state index in [1.165, 1.54) is 4.90 Å². The highest BCUT2D eigenvalue weighted by molar-refractivity contribution is 7.07. The van der Waals surface area contributed by atoms with Crippen molar-refractivity contribution >= 4 is 23.3 Å². The van der Waals surface area contributed by atoms with Crippen molar-refractivity contribution in [1.29, 1.82) is 0 Å². The molecule has 2 heterocycles. The normalized spacial score (nSPS) is 22.6. The highest BCUT2D eigenvalue weighted by Crippen LogP contribution is 2.43. The summed E-state index contributed by atoms with van der Waals surface area (Å²) in [6.45, 7) is 0.315. The van der Waals surface area contributed by atoms with Crippen LogP contribution in [0.15, 0.2) is 35.0 Å². The van der Waals surface area contributed by atoms with Crippen molar-refractivity contribution in [3.8, 4) is 5.75 Å². The van der Waals surface area contributed by atoms with E-state index in [1.807, 2.05) is 35.0 Å². The van der Waals surface area contributed by atoms with E-state index >= 15 is 0 Å². The maximum atomic E-state index is 13.0. The van der Waals surface area contributed by atoms with Crippen LogP contribution in [0.5, 0.6) is 5.75 Å². The van der Waals surface area contributed by atoms with Crippen molar-refractivity contribution in [3.63, 3.8) is 0 Å². The van der Waals surface area contributed by atoms with Crippen LogP contribution in [0.1, 0.15) is 23.1 Å². The molecule has 1 atom stereocenters. The number of benzene rings is 1. The lowest BCUT2D eigenvalue weighted by Gasteiger charge is -2.22. The second-order valence-corrected chi connectivity index (χ2v) is 6.66. The summed E-state index contributed by atoms with van der Waals surface area (Å²) in [5.74, 6) is 0.532. The minimum Gasteiger partial charge on any atom is -0.497 e. The third-order valence-corrected chi connectivity index (χ3v) is 5.37. The van der Waals surface area contributed by atoms with Crippen LogP contribution in [0.2, 0.25) is 0 Å². The maximum Gasteiger partial charge on any atom is 0.325 e. The molecule has 3 amide bonds. The number of rotatable bonds is 3. The number of ether oxygens (including phenoxy) is 1. The number of carbonyl (C=O) groups is 2.